The molecule has 0 aromatic carbocycles. The summed E-state index contributed by atoms with van der Waals surface area (Å²) in [5, 5.41) is 0. The zero-order valence-electron chi connectivity index (χ0n) is 46.0. The maximum Gasteiger partial charge on any atom is 0.306 e. The zero-order valence-corrected chi connectivity index (χ0v) is 46.0. The summed E-state index contributed by atoms with van der Waals surface area (Å²) in [7, 11) is 0. The molecule has 70 heavy (non-hydrogen) atoms. The van der Waals surface area contributed by atoms with E-state index >= 15 is 0 Å². The Morgan fingerprint density at radius 3 is 1.04 bits per heavy atom. The molecule has 1 atom stereocenters. The van der Waals surface area contributed by atoms with Gasteiger partial charge in [-0.25, -0.2) is 0 Å². The van der Waals surface area contributed by atoms with E-state index in [0.29, 0.717) is 19.3 Å². The molecule has 0 aromatic heterocycles. The molecule has 6 nitrogen and oxygen atoms in total. The molecule has 0 radical (unpaired) electrons. The van der Waals surface area contributed by atoms with E-state index in [9.17, 15) is 14.4 Å². The van der Waals surface area contributed by atoms with E-state index in [4.69, 9.17) is 14.2 Å². The van der Waals surface area contributed by atoms with Crippen LogP contribution in [0.1, 0.15) is 284 Å². The minimum absolute atomic E-state index is 0.0991. The molecule has 402 valence electrons. The Hall–Kier alpha value is -3.41. The SMILES string of the molecule is CC/C=C\C/C=C\C/C=C\C/C=C\C/C=C\CCC(=O)OCC(COC(=O)CCCCCCCCCCCC/C=C\C=C/CCCCC)OC(=O)CCCCCCCCCCCCCCCCCCC. The fourth-order valence-corrected chi connectivity index (χ4v) is 8.25. The molecule has 0 bridgehead atoms. The second kappa shape index (κ2) is 58.2. The van der Waals surface area contributed by atoms with Crippen LogP contribution in [0.25, 0.3) is 0 Å². The van der Waals surface area contributed by atoms with Gasteiger partial charge in [0.1, 0.15) is 13.2 Å². The number of hydrogen-bond donors (Lipinski definition) is 0. The van der Waals surface area contributed by atoms with Crippen molar-refractivity contribution in [1.82, 2.24) is 0 Å². The van der Waals surface area contributed by atoms with E-state index in [1.807, 2.05) is 6.08 Å². The monoisotopic (exact) mass is 975 g/mol. The second-order valence-electron chi connectivity index (χ2n) is 19.6. The van der Waals surface area contributed by atoms with Crippen molar-refractivity contribution in [3.05, 3.63) is 85.1 Å². The van der Waals surface area contributed by atoms with Crippen LogP contribution in [0.15, 0.2) is 85.1 Å². The maximum absolute atomic E-state index is 12.9. The van der Waals surface area contributed by atoms with Crippen LogP contribution in [0.4, 0.5) is 0 Å². The lowest BCUT2D eigenvalue weighted by atomic mass is 10.0. The molecule has 0 saturated heterocycles. The van der Waals surface area contributed by atoms with Gasteiger partial charge >= 0.3 is 17.9 Å². The Kier molecular flexibility index (Phi) is 55.3. The number of carbonyl (C=O) groups is 3. The van der Waals surface area contributed by atoms with E-state index in [-0.39, 0.29) is 37.5 Å². The van der Waals surface area contributed by atoms with Crippen molar-refractivity contribution in [2.75, 3.05) is 13.2 Å². The molecule has 0 aliphatic rings. The lowest BCUT2D eigenvalue weighted by Crippen LogP contribution is -2.30. The predicted octanol–water partition coefficient (Wildman–Crippen LogP) is 19.9. The van der Waals surface area contributed by atoms with Gasteiger partial charge in [0.15, 0.2) is 6.10 Å². The summed E-state index contributed by atoms with van der Waals surface area (Å²) in [6, 6.07) is 0. The third-order valence-electron chi connectivity index (χ3n) is 12.7. The first kappa shape index (κ1) is 66.6. The van der Waals surface area contributed by atoms with Gasteiger partial charge in [-0.05, 0) is 77.0 Å². The van der Waals surface area contributed by atoms with Crippen molar-refractivity contribution < 1.29 is 28.6 Å². The first-order valence-electron chi connectivity index (χ1n) is 29.6. The Bertz CT molecular complexity index is 1350. The van der Waals surface area contributed by atoms with Crippen LogP contribution in [-0.4, -0.2) is 37.2 Å². The number of esters is 3. The van der Waals surface area contributed by atoms with Gasteiger partial charge in [0.05, 0.1) is 0 Å². The highest BCUT2D eigenvalue weighted by Crippen LogP contribution is 2.16. The Balaban J connectivity index is 4.45. The quantitative estimate of drug-likeness (QED) is 0.0199. The van der Waals surface area contributed by atoms with Crippen molar-refractivity contribution in [3.63, 3.8) is 0 Å². The lowest BCUT2D eigenvalue weighted by Gasteiger charge is -2.18. The highest BCUT2D eigenvalue weighted by atomic mass is 16.6. The molecule has 0 rings (SSSR count). The van der Waals surface area contributed by atoms with E-state index < -0.39 is 6.10 Å². The summed E-state index contributed by atoms with van der Waals surface area (Å²) < 4.78 is 16.8. The molecule has 0 fully saturated rings. The highest BCUT2D eigenvalue weighted by molar-refractivity contribution is 5.71. The van der Waals surface area contributed by atoms with Gasteiger partial charge in [0.2, 0.25) is 0 Å². The summed E-state index contributed by atoms with van der Waals surface area (Å²) >= 11 is 0. The molecule has 0 aliphatic carbocycles. The molecule has 0 aliphatic heterocycles. The summed E-state index contributed by atoms with van der Waals surface area (Å²) in [6.07, 6.45) is 75.9. The summed E-state index contributed by atoms with van der Waals surface area (Å²) in [5.41, 5.74) is 0. The van der Waals surface area contributed by atoms with Crippen LogP contribution >= 0.6 is 0 Å². The van der Waals surface area contributed by atoms with Gasteiger partial charge in [0, 0.05) is 19.3 Å². The van der Waals surface area contributed by atoms with Gasteiger partial charge in [-0.1, -0.05) is 273 Å². The topological polar surface area (TPSA) is 78.9 Å². The van der Waals surface area contributed by atoms with Crippen molar-refractivity contribution >= 4 is 17.9 Å². The van der Waals surface area contributed by atoms with Gasteiger partial charge in [-0.15, -0.1) is 0 Å². The van der Waals surface area contributed by atoms with Crippen molar-refractivity contribution in [2.45, 2.75) is 290 Å². The van der Waals surface area contributed by atoms with Gasteiger partial charge in [-0.2, -0.15) is 0 Å². The summed E-state index contributed by atoms with van der Waals surface area (Å²) in [6.45, 7) is 6.46. The third-order valence-corrected chi connectivity index (χ3v) is 12.7. The Morgan fingerprint density at radius 1 is 0.314 bits per heavy atom. The number of hydrogen-bond acceptors (Lipinski definition) is 6. The molecule has 0 saturated carbocycles. The van der Waals surface area contributed by atoms with Crippen LogP contribution in [0.3, 0.4) is 0 Å². The molecule has 0 aromatic rings. The van der Waals surface area contributed by atoms with Crippen LogP contribution in [0, 0.1) is 0 Å². The van der Waals surface area contributed by atoms with Crippen LogP contribution in [0.2, 0.25) is 0 Å². The minimum atomic E-state index is -0.807. The van der Waals surface area contributed by atoms with E-state index in [2.05, 4.69) is 99.8 Å². The maximum atomic E-state index is 12.9. The van der Waals surface area contributed by atoms with Crippen molar-refractivity contribution in [1.29, 1.82) is 0 Å². The molecule has 0 heterocycles. The van der Waals surface area contributed by atoms with Crippen LogP contribution in [-0.2, 0) is 28.6 Å². The van der Waals surface area contributed by atoms with Crippen LogP contribution in [0.5, 0.6) is 0 Å². The molecule has 0 spiro atoms. The van der Waals surface area contributed by atoms with Crippen molar-refractivity contribution in [3.8, 4) is 0 Å². The third kappa shape index (κ3) is 55.5. The first-order chi connectivity index (χ1) is 34.5. The van der Waals surface area contributed by atoms with E-state index in [0.717, 1.165) is 70.6 Å². The number of unbranched alkanes of at least 4 members (excludes halogenated alkanes) is 29. The molecular formula is C64H110O6. The van der Waals surface area contributed by atoms with Crippen molar-refractivity contribution in [2.24, 2.45) is 0 Å². The van der Waals surface area contributed by atoms with E-state index in [1.165, 1.54) is 167 Å². The van der Waals surface area contributed by atoms with Gasteiger partial charge < -0.3 is 14.2 Å². The average Bonchev–Trinajstić information content (AvgIpc) is 3.36. The molecule has 0 amide bonds. The summed E-state index contributed by atoms with van der Waals surface area (Å²) in [4.78, 5) is 38.2. The normalized spacial score (nSPS) is 12.7. The van der Waals surface area contributed by atoms with Crippen LogP contribution < -0.4 is 0 Å². The number of ether oxygens (including phenoxy) is 3. The lowest BCUT2D eigenvalue weighted by molar-refractivity contribution is -0.166. The number of rotatable bonds is 53. The minimum Gasteiger partial charge on any atom is -0.462 e. The predicted molar refractivity (Wildman–Crippen MR) is 302 cm³/mol. The van der Waals surface area contributed by atoms with Gasteiger partial charge in [-0.3, -0.25) is 14.4 Å². The van der Waals surface area contributed by atoms with Gasteiger partial charge in [0.25, 0.3) is 0 Å². The largest absolute Gasteiger partial charge is 0.462 e. The second-order valence-corrected chi connectivity index (χ2v) is 19.6. The Labute approximate surface area is 433 Å². The number of carbonyl (C=O) groups excluding carboxylic acids is 3. The first-order valence-corrected chi connectivity index (χ1v) is 29.6. The highest BCUT2D eigenvalue weighted by Gasteiger charge is 2.19. The zero-order chi connectivity index (χ0) is 50.7. The smallest absolute Gasteiger partial charge is 0.306 e. The number of allylic oxidation sites excluding steroid dienone is 14. The fourth-order valence-electron chi connectivity index (χ4n) is 8.25. The van der Waals surface area contributed by atoms with E-state index in [1.54, 1.807) is 0 Å². The molecule has 0 N–H and O–H groups in total. The fraction of sp³-hybridized carbons (Fsp3) is 0.734. The standard InChI is InChI=1S/C64H110O6/c1-4-7-10-13-16-19-22-25-28-31-32-34-36-39-42-45-48-51-54-57-63(66)69-60-61(59-68-62(65)56-53-50-47-44-41-38-35-30-27-24-21-18-15-12-9-6-3)70-64(67)58-55-52-49-46-43-40-37-33-29-26-23-20-17-14-11-8-5-2/h9,12,16,18-19,21-22,25,27,30,38,41,47,50,61H,4-8,10-11,13-15,17,20,23-24,26,28-29,31-37,39-40,42-46,48-49,51-60H2,1-3H3/b12-9-,19-16-,21-18-,25-22-,30-27-,41-38-,50-47-. The molecule has 1 unspecified atom stereocenters. The molecular weight excluding hydrogens is 865 g/mol. The average molecular weight is 976 g/mol. The molecule has 6 heteroatoms. The summed E-state index contributed by atoms with van der Waals surface area (Å²) in [5.74, 6) is -0.979. The Morgan fingerprint density at radius 2 is 0.629 bits per heavy atom.